The van der Waals surface area contributed by atoms with Crippen molar-refractivity contribution in [2.24, 2.45) is 5.16 Å². The fourth-order valence-corrected chi connectivity index (χ4v) is 5.85. The number of ether oxygens (including phenoxy) is 2. The summed E-state index contributed by atoms with van der Waals surface area (Å²) in [5.41, 5.74) is -0.715. The monoisotopic (exact) mass is 509 g/mol. The van der Waals surface area contributed by atoms with Gasteiger partial charge in [0.2, 0.25) is 0 Å². The Kier molecular flexibility index (Phi) is 6.17. The van der Waals surface area contributed by atoms with Crippen LogP contribution in [0.15, 0.2) is 26.0 Å². The minimum atomic E-state index is -2.16. The van der Waals surface area contributed by atoms with E-state index in [0.717, 1.165) is 4.48 Å². The number of nitrogens with zero attached hydrogens (tertiary/aromatic N) is 1. The van der Waals surface area contributed by atoms with E-state index < -0.39 is 26.0 Å². The van der Waals surface area contributed by atoms with Gasteiger partial charge in [0.15, 0.2) is 19.6 Å². The van der Waals surface area contributed by atoms with Crippen LogP contribution in [-0.2, 0) is 23.5 Å². The quantitative estimate of drug-likeness (QED) is 0.408. The molecular formula is C17H25Br2NO5Si. The number of hydrogen-bond acceptors (Lipinski definition) is 6. The second-order valence-electron chi connectivity index (χ2n) is 7.88. The predicted molar refractivity (Wildman–Crippen MR) is 110 cm³/mol. The van der Waals surface area contributed by atoms with E-state index in [1.54, 1.807) is 7.11 Å². The van der Waals surface area contributed by atoms with Crippen molar-refractivity contribution in [2.75, 3.05) is 14.2 Å². The highest BCUT2D eigenvalue weighted by molar-refractivity contribution is 9.12. The Morgan fingerprint density at radius 1 is 1.35 bits per heavy atom. The van der Waals surface area contributed by atoms with Crippen LogP contribution >= 0.6 is 31.9 Å². The van der Waals surface area contributed by atoms with E-state index in [9.17, 15) is 4.79 Å². The molecule has 6 nitrogen and oxygen atoms in total. The fraction of sp³-hybridized carbons (Fsp3) is 0.647. The third-order valence-electron chi connectivity index (χ3n) is 5.09. The van der Waals surface area contributed by atoms with E-state index in [4.69, 9.17) is 18.7 Å². The Morgan fingerprint density at radius 2 is 1.96 bits per heavy atom. The number of hydrogen-bond donors (Lipinski definition) is 0. The van der Waals surface area contributed by atoms with Crippen molar-refractivity contribution in [3.8, 4) is 0 Å². The number of carbonyl (C=O) groups is 1. The van der Waals surface area contributed by atoms with Crippen LogP contribution in [0, 0.1) is 0 Å². The van der Waals surface area contributed by atoms with Crippen LogP contribution in [0.2, 0.25) is 18.1 Å². The number of rotatable bonds is 4. The Morgan fingerprint density at radius 3 is 2.46 bits per heavy atom. The molecule has 1 heterocycles. The molecule has 26 heavy (non-hydrogen) atoms. The molecule has 0 aromatic rings. The fourth-order valence-electron chi connectivity index (χ4n) is 2.53. The van der Waals surface area contributed by atoms with E-state index >= 15 is 0 Å². The summed E-state index contributed by atoms with van der Waals surface area (Å²) < 4.78 is 18.4. The first-order valence-corrected chi connectivity index (χ1v) is 12.7. The number of halogens is 2. The van der Waals surface area contributed by atoms with E-state index in [0.29, 0.717) is 10.2 Å². The van der Waals surface area contributed by atoms with E-state index in [1.165, 1.54) is 7.11 Å². The number of esters is 1. The number of methoxy groups -OCH3 is 2. The minimum absolute atomic E-state index is 0.00224. The third kappa shape index (κ3) is 3.81. The molecule has 0 amide bonds. The molecular weight excluding hydrogens is 486 g/mol. The summed E-state index contributed by atoms with van der Waals surface area (Å²) in [6.07, 6.45) is 1.61. The molecule has 2 aliphatic rings. The van der Waals surface area contributed by atoms with Crippen LogP contribution in [0.1, 0.15) is 27.2 Å². The third-order valence-corrected chi connectivity index (χ3v) is 10.9. The average molecular weight is 511 g/mol. The van der Waals surface area contributed by atoms with Crippen LogP contribution in [0.3, 0.4) is 0 Å². The molecule has 0 saturated carbocycles. The first-order valence-electron chi connectivity index (χ1n) is 8.22. The van der Waals surface area contributed by atoms with Gasteiger partial charge in [0, 0.05) is 6.42 Å². The van der Waals surface area contributed by atoms with E-state index in [-0.39, 0.29) is 17.2 Å². The maximum Gasteiger partial charge on any atom is 0.356 e. The molecule has 0 aromatic heterocycles. The summed E-state index contributed by atoms with van der Waals surface area (Å²) in [6.45, 7) is 10.8. The summed E-state index contributed by atoms with van der Waals surface area (Å²) in [6, 6.07) is 0. The molecule has 0 N–H and O–H groups in total. The van der Waals surface area contributed by atoms with Crippen LogP contribution in [0.4, 0.5) is 0 Å². The maximum absolute atomic E-state index is 11.9. The van der Waals surface area contributed by atoms with Gasteiger partial charge in [0.05, 0.1) is 23.2 Å². The summed E-state index contributed by atoms with van der Waals surface area (Å²) in [4.78, 5) is 17.7. The summed E-state index contributed by atoms with van der Waals surface area (Å²) in [5.74, 6) is 0.129. The smallest absolute Gasteiger partial charge is 0.356 e. The molecule has 1 spiro atoms. The average Bonchev–Trinajstić information content (AvgIpc) is 2.94. The SMILES string of the molecule is COC(=O)C1=NO[C@@]2(C=C(Br)C(OC)=C(Br)[C@H]2O[Si](C)(C)C(C)(C)C)C1. The van der Waals surface area contributed by atoms with E-state index in [2.05, 4.69) is 70.9 Å². The minimum Gasteiger partial charge on any atom is -0.495 e. The lowest BCUT2D eigenvalue weighted by Gasteiger charge is -2.44. The molecule has 0 saturated heterocycles. The van der Waals surface area contributed by atoms with Gasteiger partial charge in [-0.05, 0) is 56.1 Å². The van der Waals surface area contributed by atoms with E-state index in [1.807, 2.05) is 6.08 Å². The second kappa shape index (κ2) is 7.41. The topological polar surface area (TPSA) is 66.4 Å². The lowest BCUT2D eigenvalue weighted by molar-refractivity contribution is -0.132. The normalized spacial score (nSPS) is 26.4. The molecule has 0 fully saturated rings. The summed E-state index contributed by atoms with van der Waals surface area (Å²) in [7, 11) is 0.760. The Balaban J connectivity index is 2.47. The van der Waals surface area contributed by atoms with Gasteiger partial charge in [-0.15, -0.1) is 0 Å². The molecule has 0 radical (unpaired) electrons. The van der Waals surface area contributed by atoms with Crippen molar-refractivity contribution in [3.63, 3.8) is 0 Å². The maximum atomic E-state index is 11.9. The molecule has 1 aliphatic heterocycles. The molecule has 2 rings (SSSR count). The molecule has 146 valence electrons. The summed E-state index contributed by atoms with van der Waals surface area (Å²) in [5, 5.41) is 3.97. The van der Waals surface area contributed by atoms with Crippen molar-refractivity contribution in [1.82, 2.24) is 0 Å². The van der Waals surface area contributed by atoms with Gasteiger partial charge >= 0.3 is 5.97 Å². The molecule has 0 bridgehead atoms. The molecule has 9 heteroatoms. The van der Waals surface area contributed by atoms with Crippen molar-refractivity contribution in [1.29, 1.82) is 0 Å². The Labute approximate surface area is 172 Å². The van der Waals surface area contributed by atoms with Crippen LogP contribution in [-0.4, -0.2) is 45.9 Å². The number of allylic oxidation sites excluding steroid dienone is 1. The lowest BCUT2D eigenvalue weighted by atomic mass is 9.87. The molecule has 2 atom stereocenters. The first-order chi connectivity index (χ1) is 11.9. The van der Waals surface area contributed by atoms with Crippen molar-refractivity contribution in [2.45, 2.75) is 57.0 Å². The van der Waals surface area contributed by atoms with Gasteiger partial charge in [-0.25, -0.2) is 4.79 Å². The Bertz CT molecular complexity index is 696. The van der Waals surface area contributed by atoms with Crippen molar-refractivity contribution >= 4 is 51.9 Å². The van der Waals surface area contributed by atoms with Crippen molar-refractivity contribution in [3.05, 3.63) is 20.8 Å². The molecule has 0 aromatic carbocycles. The highest BCUT2D eigenvalue weighted by Gasteiger charge is 2.55. The van der Waals surface area contributed by atoms with Gasteiger partial charge in [-0.2, -0.15) is 0 Å². The van der Waals surface area contributed by atoms with Gasteiger partial charge in [-0.3, -0.25) is 0 Å². The highest BCUT2D eigenvalue weighted by Crippen LogP contribution is 2.48. The van der Waals surface area contributed by atoms with Gasteiger partial charge in [0.25, 0.3) is 0 Å². The highest BCUT2D eigenvalue weighted by atomic mass is 79.9. The number of carbonyl (C=O) groups excluding carboxylic acids is 1. The zero-order chi connectivity index (χ0) is 19.9. The van der Waals surface area contributed by atoms with Gasteiger partial charge in [0.1, 0.15) is 11.9 Å². The van der Waals surface area contributed by atoms with Crippen LogP contribution in [0.5, 0.6) is 0 Å². The van der Waals surface area contributed by atoms with Gasteiger partial charge in [-0.1, -0.05) is 25.9 Å². The predicted octanol–water partition coefficient (Wildman–Crippen LogP) is 4.61. The summed E-state index contributed by atoms with van der Waals surface area (Å²) >= 11 is 7.15. The first kappa shape index (κ1) is 21.7. The van der Waals surface area contributed by atoms with Crippen LogP contribution < -0.4 is 0 Å². The number of oxime groups is 1. The largest absolute Gasteiger partial charge is 0.495 e. The van der Waals surface area contributed by atoms with Crippen LogP contribution in [0.25, 0.3) is 0 Å². The lowest BCUT2D eigenvalue weighted by Crippen LogP contribution is -2.53. The Hall–Kier alpha value is -0.643. The standard InChI is InChI=1S/C17H25Br2NO5Si/c1-16(2,3)26(6,7)24-14-12(19)13(22-4)10(18)8-17(14)9-11(20-25-17)15(21)23-5/h8,14H,9H2,1-7H3/t14-,17+/m1/s1. The zero-order valence-corrected chi connectivity index (χ0v) is 20.3. The molecule has 0 unspecified atom stereocenters. The molecule has 1 aliphatic carbocycles. The zero-order valence-electron chi connectivity index (χ0n) is 16.1. The second-order valence-corrected chi connectivity index (χ2v) is 14.3. The van der Waals surface area contributed by atoms with Crippen molar-refractivity contribution < 1.29 is 23.5 Å². The van der Waals surface area contributed by atoms with Gasteiger partial charge < -0.3 is 18.7 Å².